The number of hydrogen-bond donors (Lipinski definition) is 1. The van der Waals surface area contributed by atoms with Crippen LogP contribution in [-0.2, 0) is 9.53 Å². The van der Waals surface area contributed by atoms with Gasteiger partial charge in [-0.15, -0.1) is 0 Å². The third kappa shape index (κ3) is 5.94. The van der Waals surface area contributed by atoms with Gasteiger partial charge < -0.3 is 10.1 Å². The van der Waals surface area contributed by atoms with Gasteiger partial charge in [-0.2, -0.15) is 0 Å². The number of benzene rings is 1. The van der Waals surface area contributed by atoms with Gasteiger partial charge in [0.05, 0.1) is 6.61 Å². The molecule has 1 aromatic rings. The second-order valence-electron chi connectivity index (χ2n) is 3.82. The summed E-state index contributed by atoms with van der Waals surface area (Å²) in [5.74, 6) is -0.532. The van der Waals surface area contributed by atoms with Crippen LogP contribution in [0.1, 0.15) is 30.1 Å². The van der Waals surface area contributed by atoms with Gasteiger partial charge in [0.1, 0.15) is 0 Å². The average Bonchev–Trinajstić information content (AvgIpc) is 2.33. The zero-order valence-electron chi connectivity index (χ0n) is 10.5. The van der Waals surface area contributed by atoms with Gasteiger partial charge in [-0.3, -0.25) is 9.59 Å². The monoisotopic (exact) mass is 303 g/mol. The number of rotatable bonds is 6. The number of amides is 1. The van der Waals surface area contributed by atoms with Crippen molar-refractivity contribution in [2.45, 2.75) is 19.8 Å². The van der Waals surface area contributed by atoms with E-state index in [0.29, 0.717) is 35.2 Å². The molecule has 19 heavy (non-hydrogen) atoms. The second kappa shape index (κ2) is 8.02. The van der Waals surface area contributed by atoms with E-state index in [1.807, 2.05) is 0 Å². The molecule has 0 heterocycles. The molecule has 0 fully saturated rings. The molecule has 1 amide bonds. The molecule has 4 nitrogen and oxygen atoms in total. The van der Waals surface area contributed by atoms with Gasteiger partial charge in [-0.05, 0) is 31.5 Å². The summed E-state index contributed by atoms with van der Waals surface area (Å²) in [5.41, 5.74) is 0.397. The highest BCUT2D eigenvalue weighted by atomic mass is 35.5. The van der Waals surface area contributed by atoms with Crippen molar-refractivity contribution in [3.05, 3.63) is 33.8 Å². The van der Waals surface area contributed by atoms with E-state index < -0.39 is 0 Å². The maximum atomic E-state index is 11.8. The summed E-state index contributed by atoms with van der Waals surface area (Å²) < 4.78 is 4.78. The summed E-state index contributed by atoms with van der Waals surface area (Å²) in [7, 11) is 0. The first-order valence-corrected chi connectivity index (χ1v) is 6.68. The molecule has 0 saturated heterocycles. The Balaban J connectivity index is 2.37. The summed E-state index contributed by atoms with van der Waals surface area (Å²) >= 11 is 11.6. The third-order valence-corrected chi connectivity index (χ3v) is 2.71. The van der Waals surface area contributed by atoms with Gasteiger partial charge >= 0.3 is 5.97 Å². The smallest absolute Gasteiger partial charge is 0.305 e. The van der Waals surface area contributed by atoms with Crippen LogP contribution in [-0.4, -0.2) is 25.0 Å². The van der Waals surface area contributed by atoms with Crippen LogP contribution < -0.4 is 5.32 Å². The van der Waals surface area contributed by atoms with Crippen molar-refractivity contribution in [2.75, 3.05) is 13.2 Å². The first kappa shape index (κ1) is 15.8. The SMILES string of the molecule is CCOC(=O)CCCNC(=O)c1cc(Cl)cc(Cl)c1. The fourth-order valence-electron chi connectivity index (χ4n) is 1.45. The molecule has 0 aromatic heterocycles. The molecule has 0 unspecified atom stereocenters. The molecule has 0 aliphatic carbocycles. The predicted molar refractivity (Wildman–Crippen MR) is 74.7 cm³/mol. The topological polar surface area (TPSA) is 55.4 Å². The Hall–Kier alpha value is -1.26. The molecule has 1 N–H and O–H groups in total. The fourth-order valence-corrected chi connectivity index (χ4v) is 1.98. The van der Waals surface area contributed by atoms with Crippen molar-refractivity contribution in [1.29, 1.82) is 0 Å². The molecule has 0 aliphatic heterocycles. The van der Waals surface area contributed by atoms with Crippen LogP contribution in [0, 0.1) is 0 Å². The number of hydrogen-bond acceptors (Lipinski definition) is 3. The van der Waals surface area contributed by atoms with Gasteiger partial charge in [0.15, 0.2) is 0 Å². The van der Waals surface area contributed by atoms with E-state index in [0.717, 1.165) is 0 Å². The van der Waals surface area contributed by atoms with Crippen LogP contribution in [0.5, 0.6) is 0 Å². The van der Waals surface area contributed by atoms with Gasteiger partial charge in [0.2, 0.25) is 0 Å². The Morgan fingerprint density at radius 3 is 2.42 bits per heavy atom. The van der Waals surface area contributed by atoms with Crippen molar-refractivity contribution in [3.8, 4) is 0 Å². The highest BCUT2D eigenvalue weighted by Gasteiger charge is 2.08. The summed E-state index contributed by atoms with van der Waals surface area (Å²) in [4.78, 5) is 22.9. The zero-order chi connectivity index (χ0) is 14.3. The van der Waals surface area contributed by atoms with E-state index in [4.69, 9.17) is 27.9 Å². The lowest BCUT2D eigenvalue weighted by Gasteiger charge is -2.06. The molecule has 0 atom stereocenters. The lowest BCUT2D eigenvalue weighted by atomic mass is 10.2. The first-order chi connectivity index (χ1) is 9.02. The highest BCUT2D eigenvalue weighted by Crippen LogP contribution is 2.18. The Bertz CT molecular complexity index is 443. The third-order valence-electron chi connectivity index (χ3n) is 2.27. The van der Waals surface area contributed by atoms with Crippen molar-refractivity contribution >= 4 is 35.1 Å². The maximum Gasteiger partial charge on any atom is 0.305 e. The molecule has 0 bridgehead atoms. The quantitative estimate of drug-likeness (QED) is 0.649. The fraction of sp³-hybridized carbons (Fsp3) is 0.385. The number of halogens is 2. The van der Waals surface area contributed by atoms with E-state index in [1.54, 1.807) is 13.0 Å². The Kier molecular flexibility index (Phi) is 6.67. The minimum atomic E-state index is -0.270. The molecule has 1 rings (SSSR count). The van der Waals surface area contributed by atoms with Gasteiger partial charge in [0, 0.05) is 28.6 Å². The molecule has 0 spiro atoms. The van der Waals surface area contributed by atoms with Gasteiger partial charge in [-0.25, -0.2) is 0 Å². The summed E-state index contributed by atoms with van der Waals surface area (Å²) in [6.07, 6.45) is 0.809. The number of carbonyl (C=O) groups is 2. The summed E-state index contributed by atoms with van der Waals surface area (Å²) in [6, 6.07) is 4.63. The van der Waals surface area contributed by atoms with Crippen LogP contribution >= 0.6 is 23.2 Å². The minimum Gasteiger partial charge on any atom is -0.466 e. The van der Waals surface area contributed by atoms with Crippen molar-refractivity contribution in [3.63, 3.8) is 0 Å². The summed E-state index contributed by atoms with van der Waals surface area (Å²) in [5, 5.41) is 3.50. The van der Waals surface area contributed by atoms with Gasteiger partial charge in [-0.1, -0.05) is 23.2 Å². The van der Waals surface area contributed by atoms with Crippen LogP contribution in [0.2, 0.25) is 10.0 Å². The predicted octanol–water partition coefficient (Wildman–Crippen LogP) is 3.07. The maximum absolute atomic E-state index is 11.8. The van der Waals surface area contributed by atoms with Crippen LogP contribution in [0.4, 0.5) is 0 Å². The molecule has 0 radical (unpaired) electrons. The van der Waals surface area contributed by atoms with E-state index in [9.17, 15) is 9.59 Å². The normalized spacial score (nSPS) is 10.1. The molecule has 1 aromatic carbocycles. The van der Waals surface area contributed by atoms with Crippen molar-refractivity contribution in [1.82, 2.24) is 5.32 Å². The number of nitrogens with one attached hydrogen (secondary N) is 1. The van der Waals surface area contributed by atoms with Crippen molar-refractivity contribution in [2.24, 2.45) is 0 Å². The first-order valence-electron chi connectivity index (χ1n) is 5.93. The molecule has 6 heteroatoms. The zero-order valence-corrected chi connectivity index (χ0v) is 12.1. The van der Waals surface area contributed by atoms with E-state index in [-0.39, 0.29) is 18.3 Å². The summed E-state index contributed by atoms with van der Waals surface area (Å²) in [6.45, 7) is 2.51. The van der Waals surface area contributed by atoms with Crippen LogP contribution in [0.25, 0.3) is 0 Å². The molecular weight excluding hydrogens is 289 g/mol. The molecule has 0 aliphatic rings. The van der Waals surface area contributed by atoms with Crippen LogP contribution in [0.15, 0.2) is 18.2 Å². The van der Waals surface area contributed by atoms with E-state index in [1.165, 1.54) is 12.1 Å². The Morgan fingerprint density at radius 2 is 1.84 bits per heavy atom. The largest absolute Gasteiger partial charge is 0.466 e. The Morgan fingerprint density at radius 1 is 1.21 bits per heavy atom. The van der Waals surface area contributed by atoms with Gasteiger partial charge in [0.25, 0.3) is 5.91 Å². The number of ether oxygens (including phenoxy) is 1. The highest BCUT2D eigenvalue weighted by molar-refractivity contribution is 6.35. The average molecular weight is 304 g/mol. The molecule has 0 saturated carbocycles. The second-order valence-corrected chi connectivity index (χ2v) is 4.70. The minimum absolute atomic E-state index is 0.262. The van der Waals surface area contributed by atoms with Crippen molar-refractivity contribution < 1.29 is 14.3 Å². The molecule has 104 valence electrons. The van der Waals surface area contributed by atoms with Crippen LogP contribution in [0.3, 0.4) is 0 Å². The lowest BCUT2D eigenvalue weighted by molar-refractivity contribution is -0.143. The van der Waals surface area contributed by atoms with E-state index in [2.05, 4.69) is 5.32 Å². The van der Waals surface area contributed by atoms with E-state index >= 15 is 0 Å². The lowest BCUT2D eigenvalue weighted by Crippen LogP contribution is -2.25. The number of carbonyl (C=O) groups excluding carboxylic acids is 2. The molecular formula is C13H15Cl2NO3. The number of esters is 1. The Labute approximate surface area is 122 Å². The standard InChI is InChI=1S/C13H15Cl2NO3/c1-2-19-12(17)4-3-5-16-13(18)9-6-10(14)8-11(15)7-9/h6-8H,2-5H2,1H3,(H,16,18).